The second kappa shape index (κ2) is 6.02. The van der Waals surface area contributed by atoms with E-state index in [1.165, 1.54) is 7.11 Å². The summed E-state index contributed by atoms with van der Waals surface area (Å²) in [4.78, 5) is 10.9. The lowest BCUT2D eigenvalue weighted by Crippen LogP contribution is -1.94. The molecule has 0 aliphatic rings. The Kier molecular flexibility index (Phi) is 4.15. The predicted molar refractivity (Wildman–Crippen MR) is 70.8 cm³/mol. The molecule has 0 radical (unpaired) electrons. The van der Waals surface area contributed by atoms with E-state index in [-0.39, 0.29) is 6.61 Å². The van der Waals surface area contributed by atoms with Gasteiger partial charge in [-0.3, -0.25) is 4.79 Å². The fraction of sp³-hybridized carbons (Fsp3) is 0.133. The van der Waals surface area contributed by atoms with Gasteiger partial charge in [-0.05, 0) is 29.8 Å². The molecule has 0 fully saturated rings. The maximum absolute atomic E-state index is 10.9. The third-order valence-corrected chi connectivity index (χ3v) is 2.68. The molecule has 0 aromatic heterocycles. The average Bonchev–Trinajstić information content (AvgIpc) is 2.48. The lowest BCUT2D eigenvalue weighted by molar-refractivity contribution is 0.112. The minimum Gasteiger partial charge on any atom is -0.493 e. The van der Waals surface area contributed by atoms with E-state index in [2.05, 4.69) is 0 Å². The highest BCUT2D eigenvalue weighted by atomic mass is 16.5. The summed E-state index contributed by atoms with van der Waals surface area (Å²) in [6.45, 7) is -0.0679. The summed E-state index contributed by atoms with van der Waals surface area (Å²) >= 11 is 0. The van der Waals surface area contributed by atoms with Gasteiger partial charge in [0.15, 0.2) is 17.8 Å². The zero-order chi connectivity index (χ0) is 13.7. The van der Waals surface area contributed by atoms with Crippen LogP contribution in [0.4, 0.5) is 0 Å². The van der Waals surface area contributed by atoms with E-state index in [0.29, 0.717) is 22.8 Å². The molecule has 19 heavy (non-hydrogen) atoms. The Hall–Kier alpha value is -2.33. The molecule has 0 aliphatic carbocycles. The highest BCUT2D eigenvalue weighted by Crippen LogP contribution is 2.33. The predicted octanol–water partition coefficient (Wildman–Crippen LogP) is 2.79. The van der Waals surface area contributed by atoms with Crippen LogP contribution in [0.15, 0.2) is 42.5 Å². The number of aldehydes is 1. The van der Waals surface area contributed by atoms with Gasteiger partial charge in [0.2, 0.25) is 0 Å². The first-order valence-corrected chi connectivity index (χ1v) is 5.78. The number of aliphatic hydroxyl groups is 1. The molecule has 2 aromatic carbocycles. The second-order valence-corrected chi connectivity index (χ2v) is 3.90. The molecular formula is C15H14O4. The number of ether oxygens (including phenoxy) is 2. The molecule has 0 unspecified atom stereocenters. The van der Waals surface area contributed by atoms with Gasteiger partial charge in [0.25, 0.3) is 0 Å². The molecule has 0 saturated heterocycles. The van der Waals surface area contributed by atoms with Gasteiger partial charge in [-0.2, -0.15) is 0 Å². The Morgan fingerprint density at radius 1 is 1.11 bits per heavy atom. The van der Waals surface area contributed by atoms with Gasteiger partial charge in [0.1, 0.15) is 5.75 Å². The monoisotopic (exact) mass is 258 g/mol. The molecule has 4 nitrogen and oxygen atoms in total. The third kappa shape index (κ3) is 2.92. The lowest BCUT2D eigenvalue weighted by atomic mass is 10.2. The van der Waals surface area contributed by atoms with Crippen LogP contribution in [-0.2, 0) is 6.61 Å². The van der Waals surface area contributed by atoms with Crippen LogP contribution in [0.3, 0.4) is 0 Å². The Labute approximate surface area is 111 Å². The lowest BCUT2D eigenvalue weighted by Gasteiger charge is -2.12. The van der Waals surface area contributed by atoms with Gasteiger partial charge in [0.05, 0.1) is 19.3 Å². The normalized spacial score (nSPS) is 10.0. The van der Waals surface area contributed by atoms with Gasteiger partial charge in [-0.25, -0.2) is 0 Å². The smallest absolute Gasteiger partial charge is 0.169 e. The van der Waals surface area contributed by atoms with Gasteiger partial charge in [0, 0.05) is 0 Å². The molecule has 0 amide bonds. The summed E-state index contributed by atoms with van der Waals surface area (Å²) in [6.07, 6.45) is 0.740. The van der Waals surface area contributed by atoms with Crippen molar-refractivity contribution >= 4 is 6.29 Å². The third-order valence-electron chi connectivity index (χ3n) is 2.68. The molecule has 0 heterocycles. The number of para-hydroxylation sites is 1. The number of benzene rings is 2. The molecular weight excluding hydrogens is 244 g/mol. The van der Waals surface area contributed by atoms with Crippen LogP contribution in [0.2, 0.25) is 0 Å². The highest BCUT2D eigenvalue weighted by molar-refractivity contribution is 5.79. The summed E-state index contributed by atoms with van der Waals surface area (Å²) < 4.78 is 10.9. The minimum absolute atomic E-state index is 0.0679. The number of hydrogen-bond acceptors (Lipinski definition) is 4. The first-order valence-electron chi connectivity index (χ1n) is 5.78. The van der Waals surface area contributed by atoms with Crippen molar-refractivity contribution in [2.45, 2.75) is 6.61 Å². The Balaban J connectivity index is 2.35. The van der Waals surface area contributed by atoms with E-state index in [1.54, 1.807) is 42.5 Å². The Morgan fingerprint density at radius 3 is 2.58 bits per heavy atom. The molecule has 0 bridgehead atoms. The van der Waals surface area contributed by atoms with Crippen LogP contribution >= 0.6 is 0 Å². The number of methoxy groups -OCH3 is 1. The number of carbonyl (C=O) groups excluding carboxylic acids is 1. The van der Waals surface area contributed by atoms with Gasteiger partial charge < -0.3 is 14.6 Å². The summed E-state index contributed by atoms with van der Waals surface area (Å²) in [6, 6.07) is 12.1. The summed E-state index contributed by atoms with van der Waals surface area (Å²) in [7, 11) is 1.52. The Bertz CT molecular complexity index is 578. The van der Waals surface area contributed by atoms with E-state index >= 15 is 0 Å². The number of hydrogen-bond donors (Lipinski definition) is 1. The van der Waals surface area contributed by atoms with Crippen molar-refractivity contribution in [2.24, 2.45) is 0 Å². The molecule has 4 heteroatoms. The van der Waals surface area contributed by atoms with E-state index < -0.39 is 0 Å². The van der Waals surface area contributed by atoms with Crippen molar-refractivity contribution in [3.8, 4) is 17.2 Å². The van der Waals surface area contributed by atoms with Gasteiger partial charge in [-0.15, -0.1) is 0 Å². The zero-order valence-electron chi connectivity index (χ0n) is 10.5. The van der Waals surface area contributed by atoms with Crippen molar-refractivity contribution in [3.05, 3.63) is 53.6 Å². The quantitative estimate of drug-likeness (QED) is 0.838. The van der Waals surface area contributed by atoms with E-state index in [9.17, 15) is 4.79 Å². The molecule has 2 rings (SSSR count). The van der Waals surface area contributed by atoms with E-state index in [1.807, 2.05) is 0 Å². The van der Waals surface area contributed by atoms with Crippen molar-refractivity contribution in [1.29, 1.82) is 0 Å². The fourth-order valence-electron chi connectivity index (χ4n) is 1.68. The maximum Gasteiger partial charge on any atom is 0.169 e. The molecule has 0 aliphatic heterocycles. The maximum atomic E-state index is 10.9. The van der Waals surface area contributed by atoms with Crippen LogP contribution in [0.25, 0.3) is 0 Å². The van der Waals surface area contributed by atoms with Crippen molar-refractivity contribution in [3.63, 3.8) is 0 Å². The fourth-order valence-corrected chi connectivity index (χ4v) is 1.68. The molecule has 0 spiro atoms. The number of rotatable bonds is 5. The Morgan fingerprint density at radius 2 is 1.89 bits per heavy atom. The van der Waals surface area contributed by atoms with E-state index in [0.717, 1.165) is 11.8 Å². The van der Waals surface area contributed by atoms with Crippen LogP contribution < -0.4 is 9.47 Å². The molecule has 0 saturated carbocycles. The second-order valence-electron chi connectivity index (χ2n) is 3.90. The van der Waals surface area contributed by atoms with Crippen molar-refractivity contribution in [1.82, 2.24) is 0 Å². The molecule has 2 aromatic rings. The van der Waals surface area contributed by atoms with Gasteiger partial charge in [-0.1, -0.05) is 18.2 Å². The highest BCUT2D eigenvalue weighted by Gasteiger charge is 2.09. The van der Waals surface area contributed by atoms with Gasteiger partial charge >= 0.3 is 0 Å². The van der Waals surface area contributed by atoms with Crippen LogP contribution in [0.1, 0.15) is 15.9 Å². The molecule has 1 N–H and O–H groups in total. The molecule has 98 valence electrons. The molecule has 0 atom stereocenters. The number of aliphatic hydroxyl groups excluding tert-OH is 1. The standard InChI is InChI=1S/C15H14O4/c1-18-15-8-11(9-16)6-7-14(15)19-13-5-3-2-4-12(13)10-17/h2-8,10,16H,9H2,1H3. The zero-order valence-corrected chi connectivity index (χ0v) is 10.5. The minimum atomic E-state index is -0.0679. The SMILES string of the molecule is COc1cc(CO)ccc1Oc1ccccc1C=O. The average molecular weight is 258 g/mol. The number of carbonyl (C=O) groups is 1. The van der Waals surface area contributed by atoms with Crippen LogP contribution in [0.5, 0.6) is 17.2 Å². The first kappa shape index (κ1) is 13.1. The summed E-state index contributed by atoms with van der Waals surface area (Å²) in [5, 5.41) is 9.08. The van der Waals surface area contributed by atoms with Crippen LogP contribution in [0, 0.1) is 0 Å². The summed E-state index contributed by atoms with van der Waals surface area (Å²) in [5.41, 5.74) is 1.20. The van der Waals surface area contributed by atoms with Crippen molar-refractivity contribution in [2.75, 3.05) is 7.11 Å². The largest absolute Gasteiger partial charge is 0.493 e. The van der Waals surface area contributed by atoms with E-state index in [4.69, 9.17) is 14.6 Å². The van der Waals surface area contributed by atoms with Crippen molar-refractivity contribution < 1.29 is 19.4 Å². The summed E-state index contributed by atoms with van der Waals surface area (Å²) in [5.74, 6) is 1.47. The van der Waals surface area contributed by atoms with Crippen LogP contribution in [-0.4, -0.2) is 18.5 Å². The first-order chi connectivity index (χ1) is 9.28. The topological polar surface area (TPSA) is 55.8 Å².